The first-order chi connectivity index (χ1) is 16.0. The number of halogens is 2. The molecule has 1 unspecified atom stereocenters. The van der Waals surface area contributed by atoms with Gasteiger partial charge >= 0.3 is 0 Å². The van der Waals surface area contributed by atoms with E-state index in [1.165, 1.54) is 13.8 Å². The summed E-state index contributed by atoms with van der Waals surface area (Å²) in [5.41, 5.74) is 0.846. The summed E-state index contributed by atoms with van der Waals surface area (Å²) >= 11 is 13.1. The van der Waals surface area contributed by atoms with Crippen LogP contribution in [0.3, 0.4) is 0 Å². The molecule has 0 bridgehead atoms. The number of tetrazole rings is 1. The summed E-state index contributed by atoms with van der Waals surface area (Å²) in [5, 5.41) is 15.5. The predicted octanol–water partition coefficient (Wildman–Crippen LogP) is 2.62. The maximum absolute atomic E-state index is 12.9. The minimum Gasteiger partial charge on any atom is -0.302 e. The quantitative estimate of drug-likeness (QED) is 0.394. The van der Waals surface area contributed by atoms with Gasteiger partial charge in [0, 0.05) is 23.4 Å². The summed E-state index contributed by atoms with van der Waals surface area (Å²) in [5.74, 6) is -0.513. The SMILES string of the molecule is CCC(NS(=O)(=O)c1sc(NC(C)=O)nc1C)C(=O)Cn1nnc(Cc2c(Cl)cccc2Cl)n1. The number of nitrogens with one attached hydrogen (secondary N) is 2. The van der Waals surface area contributed by atoms with Crippen molar-refractivity contribution in [3.05, 3.63) is 45.3 Å². The molecule has 0 saturated heterocycles. The highest BCUT2D eigenvalue weighted by Crippen LogP contribution is 2.28. The van der Waals surface area contributed by atoms with Crippen LogP contribution in [-0.2, 0) is 32.6 Å². The van der Waals surface area contributed by atoms with Crippen molar-refractivity contribution in [2.45, 2.75) is 50.4 Å². The summed E-state index contributed by atoms with van der Waals surface area (Å²) in [7, 11) is -4.06. The van der Waals surface area contributed by atoms with Crippen LogP contribution >= 0.6 is 34.5 Å². The molecule has 1 aromatic carbocycles. The second-order valence-corrected chi connectivity index (χ2v) is 11.0. The lowest BCUT2D eigenvalue weighted by molar-refractivity contribution is -0.121. The smallest absolute Gasteiger partial charge is 0.252 e. The first-order valence-corrected chi connectivity index (χ1v) is 13.0. The fraction of sp³-hybridized carbons (Fsp3) is 0.368. The van der Waals surface area contributed by atoms with Crippen molar-refractivity contribution >= 4 is 61.4 Å². The topological polar surface area (TPSA) is 149 Å². The number of Topliss-reactive ketones (excluding diaryl/α,β-unsaturated/α-hetero) is 1. The number of hydrogen-bond donors (Lipinski definition) is 2. The Balaban J connectivity index is 1.69. The third-order valence-electron chi connectivity index (χ3n) is 4.56. The summed E-state index contributed by atoms with van der Waals surface area (Å²) in [6.07, 6.45) is 0.420. The van der Waals surface area contributed by atoms with Crippen LogP contribution in [0.5, 0.6) is 0 Å². The van der Waals surface area contributed by atoms with Gasteiger partial charge in [-0.1, -0.05) is 47.5 Å². The molecule has 182 valence electrons. The molecule has 3 rings (SSSR count). The van der Waals surface area contributed by atoms with Crippen LogP contribution in [0.15, 0.2) is 22.4 Å². The molecule has 1 atom stereocenters. The van der Waals surface area contributed by atoms with Crippen molar-refractivity contribution in [2.24, 2.45) is 0 Å². The van der Waals surface area contributed by atoms with Crippen molar-refractivity contribution in [1.82, 2.24) is 29.9 Å². The van der Waals surface area contributed by atoms with Crippen molar-refractivity contribution < 1.29 is 18.0 Å². The maximum Gasteiger partial charge on any atom is 0.252 e. The molecule has 0 fully saturated rings. The first kappa shape index (κ1) is 26.2. The second kappa shape index (κ2) is 10.9. The number of ketones is 1. The van der Waals surface area contributed by atoms with Crippen molar-refractivity contribution in [1.29, 1.82) is 0 Å². The van der Waals surface area contributed by atoms with Crippen LogP contribution in [0, 0.1) is 6.92 Å². The average molecular weight is 546 g/mol. The Morgan fingerprint density at radius 1 is 1.24 bits per heavy atom. The Morgan fingerprint density at radius 3 is 2.53 bits per heavy atom. The Labute approximate surface area is 209 Å². The summed E-state index contributed by atoms with van der Waals surface area (Å²) in [6.45, 7) is 4.18. The number of benzene rings is 1. The van der Waals surface area contributed by atoms with E-state index in [1.54, 1.807) is 25.1 Å². The normalized spacial score (nSPS) is 12.5. The number of sulfonamides is 1. The predicted molar refractivity (Wildman–Crippen MR) is 128 cm³/mol. The number of aryl methyl sites for hydroxylation is 1. The maximum atomic E-state index is 12.9. The van der Waals surface area contributed by atoms with Crippen molar-refractivity contribution in [3.8, 4) is 0 Å². The molecular formula is C19H21Cl2N7O4S2. The molecule has 3 aromatic rings. The summed E-state index contributed by atoms with van der Waals surface area (Å²) in [6, 6.07) is 4.08. The molecule has 15 heteroatoms. The highest BCUT2D eigenvalue weighted by Gasteiger charge is 2.28. The van der Waals surface area contributed by atoms with Gasteiger partial charge in [0.25, 0.3) is 10.0 Å². The highest BCUT2D eigenvalue weighted by atomic mass is 35.5. The Kier molecular flexibility index (Phi) is 8.36. The van der Waals surface area contributed by atoms with Gasteiger partial charge in [-0.3, -0.25) is 9.59 Å². The zero-order valence-electron chi connectivity index (χ0n) is 18.4. The standard InChI is InChI=1S/C19H21Cl2N7O4S2/c1-4-15(26-34(31,32)18-10(2)22-19(33-18)23-11(3)29)16(30)9-28-25-17(24-27-28)8-12-13(20)6-5-7-14(12)21/h5-7,15,26H,4,8-9H2,1-3H3,(H,22,23,29). The third kappa shape index (κ3) is 6.36. The Morgan fingerprint density at radius 2 is 1.91 bits per heavy atom. The van der Waals surface area contributed by atoms with Gasteiger partial charge in [-0.05, 0) is 36.3 Å². The van der Waals surface area contributed by atoms with Crippen LogP contribution in [0.2, 0.25) is 10.0 Å². The number of aromatic nitrogens is 5. The second-order valence-electron chi connectivity index (χ2n) is 7.23. The number of anilines is 1. The monoisotopic (exact) mass is 545 g/mol. The van der Waals surface area contributed by atoms with Crippen LogP contribution in [0.1, 0.15) is 37.4 Å². The van der Waals surface area contributed by atoms with Gasteiger partial charge in [-0.2, -0.15) is 9.52 Å². The molecule has 2 N–H and O–H groups in total. The summed E-state index contributed by atoms with van der Waals surface area (Å²) in [4.78, 5) is 29.2. The van der Waals surface area contributed by atoms with E-state index in [0.717, 1.165) is 16.1 Å². The van der Waals surface area contributed by atoms with E-state index in [0.29, 0.717) is 21.4 Å². The van der Waals surface area contributed by atoms with E-state index < -0.39 is 21.8 Å². The van der Waals surface area contributed by atoms with Gasteiger partial charge in [0.2, 0.25) is 5.91 Å². The number of carbonyl (C=O) groups is 2. The van der Waals surface area contributed by atoms with E-state index in [2.05, 4.69) is 30.4 Å². The van der Waals surface area contributed by atoms with Gasteiger partial charge < -0.3 is 5.32 Å². The van der Waals surface area contributed by atoms with E-state index in [4.69, 9.17) is 23.2 Å². The van der Waals surface area contributed by atoms with Crippen LogP contribution in [-0.4, -0.2) is 51.3 Å². The van der Waals surface area contributed by atoms with Gasteiger partial charge in [0.15, 0.2) is 20.9 Å². The lowest BCUT2D eigenvalue weighted by Gasteiger charge is -2.15. The van der Waals surface area contributed by atoms with Gasteiger partial charge in [0.05, 0.1) is 11.7 Å². The molecule has 0 aliphatic carbocycles. The van der Waals surface area contributed by atoms with E-state index in [-0.39, 0.29) is 40.3 Å². The molecule has 2 heterocycles. The Hall–Kier alpha value is -2.45. The van der Waals surface area contributed by atoms with E-state index >= 15 is 0 Å². The van der Waals surface area contributed by atoms with Crippen LogP contribution < -0.4 is 10.0 Å². The number of nitrogens with zero attached hydrogens (tertiary/aromatic N) is 5. The molecule has 34 heavy (non-hydrogen) atoms. The minimum atomic E-state index is -4.06. The van der Waals surface area contributed by atoms with E-state index in [9.17, 15) is 18.0 Å². The lowest BCUT2D eigenvalue weighted by Crippen LogP contribution is -2.42. The van der Waals surface area contributed by atoms with Crippen molar-refractivity contribution in [3.63, 3.8) is 0 Å². The molecule has 2 aromatic heterocycles. The molecule has 0 aliphatic heterocycles. The number of thiazole rings is 1. The molecule has 11 nitrogen and oxygen atoms in total. The fourth-order valence-corrected chi connectivity index (χ4v) is 6.29. The number of hydrogen-bond acceptors (Lipinski definition) is 9. The summed E-state index contributed by atoms with van der Waals surface area (Å²) < 4.78 is 28.1. The molecule has 0 radical (unpaired) electrons. The Bertz CT molecular complexity index is 1300. The lowest BCUT2D eigenvalue weighted by atomic mass is 10.1. The van der Waals surface area contributed by atoms with Crippen LogP contribution in [0.4, 0.5) is 5.13 Å². The average Bonchev–Trinajstić information content (AvgIpc) is 3.34. The van der Waals surface area contributed by atoms with Gasteiger partial charge in [-0.25, -0.2) is 13.4 Å². The first-order valence-electron chi connectivity index (χ1n) is 9.99. The largest absolute Gasteiger partial charge is 0.302 e. The molecule has 0 aliphatic rings. The number of rotatable bonds is 10. The molecule has 1 amide bonds. The van der Waals surface area contributed by atoms with Gasteiger partial charge in [0.1, 0.15) is 6.54 Å². The zero-order valence-corrected chi connectivity index (χ0v) is 21.5. The van der Waals surface area contributed by atoms with Crippen molar-refractivity contribution in [2.75, 3.05) is 5.32 Å². The fourth-order valence-electron chi connectivity index (χ4n) is 2.98. The molecular weight excluding hydrogens is 525 g/mol. The minimum absolute atomic E-state index is 0.0831. The number of carbonyl (C=O) groups excluding carboxylic acids is 2. The van der Waals surface area contributed by atoms with Crippen LogP contribution in [0.25, 0.3) is 0 Å². The third-order valence-corrected chi connectivity index (χ3v) is 8.43. The zero-order chi connectivity index (χ0) is 25.0. The number of amides is 1. The molecule has 0 spiro atoms. The highest BCUT2D eigenvalue weighted by molar-refractivity contribution is 7.91. The molecule has 0 saturated carbocycles. The van der Waals surface area contributed by atoms with Gasteiger partial charge in [-0.15, -0.1) is 10.2 Å². The van der Waals surface area contributed by atoms with E-state index in [1.807, 2.05) is 0 Å².